The molecule has 0 bridgehead atoms. The Labute approximate surface area is 103 Å². The molecule has 1 aliphatic rings. The summed E-state index contributed by atoms with van der Waals surface area (Å²) in [6.07, 6.45) is 13.0. The minimum Gasteiger partial charge on any atom is -0.339 e. The molecule has 0 aromatic heterocycles. The molecule has 16 heavy (non-hydrogen) atoms. The van der Waals surface area contributed by atoms with Gasteiger partial charge in [-0.2, -0.15) is 11.8 Å². The van der Waals surface area contributed by atoms with E-state index in [1.165, 1.54) is 12.8 Å². The first-order valence-corrected chi connectivity index (χ1v) is 7.41. The van der Waals surface area contributed by atoms with Crippen LogP contribution in [-0.4, -0.2) is 35.4 Å². The highest BCUT2D eigenvalue weighted by molar-refractivity contribution is 7.98. The van der Waals surface area contributed by atoms with E-state index in [4.69, 9.17) is 6.42 Å². The molecule has 3 heteroatoms. The van der Waals surface area contributed by atoms with E-state index in [2.05, 4.69) is 17.1 Å². The first kappa shape index (κ1) is 13.4. The molecule has 1 aliphatic heterocycles. The third-order valence-electron chi connectivity index (χ3n) is 3.02. The molecule has 1 amide bonds. The van der Waals surface area contributed by atoms with Crippen LogP contribution >= 0.6 is 11.8 Å². The van der Waals surface area contributed by atoms with E-state index in [-0.39, 0.29) is 0 Å². The number of terminal acetylenes is 1. The van der Waals surface area contributed by atoms with Crippen molar-refractivity contribution >= 4 is 17.7 Å². The Balaban J connectivity index is 2.27. The van der Waals surface area contributed by atoms with Gasteiger partial charge in [-0.05, 0) is 31.9 Å². The summed E-state index contributed by atoms with van der Waals surface area (Å²) in [6.45, 7) is 0.958. The second-order valence-electron chi connectivity index (χ2n) is 4.25. The minimum absolute atomic E-state index is 0.327. The maximum absolute atomic E-state index is 12.0. The first-order chi connectivity index (χ1) is 7.79. The summed E-state index contributed by atoms with van der Waals surface area (Å²) in [6, 6.07) is 0.482. The van der Waals surface area contributed by atoms with E-state index in [9.17, 15) is 4.79 Å². The zero-order valence-electron chi connectivity index (χ0n) is 10.1. The minimum atomic E-state index is 0.327. The van der Waals surface area contributed by atoms with Gasteiger partial charge in [0.05, 0.1) is 0 Å². The monoisotopic (exact) mass is 239 g/mol. The van der Waals surface area contributed by atoms with Crippen molar-refractivity contribution in [3.05, 3.63) is 0 Å². The van der Waals surface area contributed by atoms with Crippen LogP contribution in [0.5, 0.6) is 0 Å². The molecule has 0 unspecified atom stereocenters. The highest BCUT2D eigenvalue weighted by Gasteiger charge is 2.27. The van der Waals surface area contributed by atoms with E-state index in [0.717, 1.165) is 31.6 Å². The molecule has 1 rings (SSSR count). The third kappa shape index (κ3) is 4.09. The lowest BCUT2D eigenvalue weighted by Crippen LogP contribution is -2.36. The summed E-state index contributed by atoms with van der Waals surface area (Å²) in [5.41, 5.74) is 0. The summed E-state index contributed by atoms with van der Waals surface area (Å²) in [4.78, 5) is 14.0. The van der Waals surface area contributed by atoms with Gasteiger partial charge < -0.3 is 4.90 Å². The number of rotatable bonds is 6. The fourth-order valence-electron chi connectivity index (χ4n) is 2.18. The Morgan fingerprint density at radius 3 is 3.06 bits per heavy atom. The molecule has 0 N–H and O–H groups in total. The summed E-state index contributed by atoms with van der Waals surface area (Å²) >= 11 is 1.83. The standard InChI is InChI=1S/C13H21NOS/c1-3-4-5-6-9-13(15)14-10-7-8-12(14)11-16-2/h1,12H,4-11H2,2H3/t12-/m0/s1. The maximum Gasteiger partial charge on any atom is 0.222 e. The van der Waals surface area contributed by atoms with Crippen molar-refractivity contribution in [2.45, 2.75) is 44.6 Å². The molecule has 0 spiro atoms. The Hall–Kier alpha value is -0.620. The molecule has 0 aliphatic carbocycles. The molecular formula is C13H21NOS. The van der Waals surface area contributed by atoms with Crippen LogP contribution in [0, 0.1) is 12.3 Å². The number of thioether (sulfide) groups is 1. The largest absolute Gasteiger partial charge is 0.339 e. The molecular weight excluding hydrogens is 218 g/mol. The molecule has 1 saturated heterocycles. The molecule has 1 fully saturated rings. The van der Waals surface area contributed by atoms with Crippen molar-refractivity contribution < 1.29 is 4.79 Å². The molecule has 90 valence electrons. The SMILES string of the molecule is C#CCCCCC(=O)N1CCC[C@H]1CSC. The van der Waals surface area contributed by atoms with Gasteiger partial charge in [-0.1, -0.05) is 0 Å². The van der Waals surface area contributed by atoms with Crippen molar-refractivity contribution in [3.8, 4) is 12.3 Å². The van der Waals surface area contributed by atoms with E-state index in [1.54, 1.807) is 0 Å². The lowest BCUT2D eigenvalue weighted by Gasteiger charge is -2.24. The number of likely N-dealkylation sites (tertiary alicyclic amines) is 1. The third-order valence-corrected chi connectivity index (χ3v) is 3.74. The van der Waals surface area contributed by atoms with Crippen LogP contribution in [0.3, 0.4) is 0 Å². The molecule has 0 saturated carbocycles. The van der Waals surface area contributed by atoms with E-state index >= 15 is 0 Å². The number of carbonyl (C=O) groups excluding carboxylic acids is 1. The number of nitrogens with zero attached hydrogens (tertiary/aromatic N) is 1. The Bertz CT molecular complexity index is 259. The Kier molecular flexibility index (Phi) is 6.40. The number of amides is 1. The van der Waals surface area contributed by atoms with Gasteiger partial charge in [0.25, 0.3) is 0 Å². The summed E-state index contributed by atoms with van der Waals surface area (Å²) in [7, 11) is 0. The maximum atomic E-state index is 12.0. The van der Waals surface area contributed by atoms with Crippen molar-refractivity contribution in [3.63, 3.8) is 0 Å². The summed E-state index contributed by atoms with van der Waals surface area (Å²) < 4.78 is 0. The van der Waals surface area contributed by atoms with Crippen LogP contribution in [0.2, 0.25) is 0 Å². The predicted molar refractivity (Wildman–Crippen MR) is 70.4 cm³/mol. The van der Waals surface area contributed by atoms with Crippen LogP contribution in [0.15, 0.2) is 0 Å². The Morgan fingerprint density at radius 2 is 2.38 bits per heavy atom. The van der Waals surface area contributed by atoms with Crippen LogP contribution in [0.25, 0.3) is 0 Å². The molecule has 1 heterocycles. The average molecular weight is 239 g/mol. The lowest BCUT2D eigenvalue weighted by molar-refractivity contribution is -0.131. The van der Waals surface area contributed by atoms with Crippen LogP contribution in [-0.2, 0) is 4.79 Å². The zero-order chi connectivity index (χ0) is 11.8. The van der Waals surface area contributed by atoms with Crippen molar-refractivity contribution in [1.82, 2.24) is 4.90 Å². The molecule has 2 nitrogen and oxygen atoms in total. The smallest absolute Gasteiger partial charge is 0.222 e. The summed E-state index contributed by atoms with van der Waals surface area (Å²) in [5, 5.41) is 0. The zero-order valence-corrected chi connectivity index (χ0v) is 10.9. The van der Waals surface area contributed by atoms with Crippen molar-refractivity contribution in [1.29, 1.82) is 0 Å². The molecule has 0 aromatic rings. The number of carbonyl (C=O) groups is 1. The predicted octanol–water partition coefficient (Wildman–Crippen LogP) is 2.53. The topological polar surface area (TPSA) is 20.3 Å². The second-order valence-corrected chi connectivity index (χ2v) is 5.16. The van der Waals surface area contributed by atoms with E-state index in [0.29, 0.717) is 18.4 Å². The van der Waals surface area contributed by atoms with Gasteiger partial charge in [-0.15, -0.1) is 12.3 Å². The van der Waals surface area contributed by atoms with Crippen molar-refractivity contribution in [2.75, 3.05) is 18.6 Å². The van der Waals surface area contributed by atoms with Gasteiger partial charge in [0, 0.05) is 31.2 Å². The van der Waals surface area contributed by atoms with Gasteiger partial charge in [-0.3, -0.25) is 4.79 Å². The van der Waals surface area contributed by atoms with Crippen LogP contribution in [0.1, 0.15) is 38.5 Å². The lowest BCUT2D eigenvalue weighted by atomic mass is 10.1. The van der Waals surface area contributed by atoms with E-state index < -0.39 is 0 Å². The fraction of sp³-hybridized carbons (Fsp3) is 0.769. The molecule has 1 atom stereocenters. The van der Waals surface area contributed by atoms with Crippen LogP contribution < -0.4 is 0 Å². The number of unbranched alkanes of at least 4 members (excludes halogenated alkanes) is 2. The first-order valence-electron chi connectivity index (χ1n) is 6.01. The fourth-order valence-corrected chi connectivity index (χ4v) is 2.91. The highest BCUT2D eigenvalue weighted by Crippen LogP contribution is 2.21. The molecule has 0 radical (unpaired) electrons. The quantitative estimate of drug-likeness (QED) is 0.524. The Morgan fingerprint density at radius 1 is 1.56 bits per heavy atom. The van der Waals surface area contributed by atoms with Crippen LogP contribution in [0.4, 0.5) is 0 Å². The van der Waals surface area contributed by atoms with Gasteiger partial charge in [0.1, 0.15) is 0 Å². The number of hydrogen-bond acceptors (Lipinski definition) is 2. The van der Waals surface area contributed by atoms with Crippen molar-refractivity contribution in [2.24, 2.45) is 0 Å². The highest BCUT2D eigenvalue weighted by atomic mass is 32.2. The van der Waals surface area contributed by atoms with Gasteiger partial charge in [-0.25, -0.2) is 0 Å². The van der Waals surface area contributed by atoms with Gasteiger partial charge >= 0.3 is 0 Å². The summed E-state index contributed by atoms with van der Waals surface area (Å²) in [5.74, 6) is 4.02. The number of hydrogen-bond donors (Lipinski definition) is 0. The van der Waals surface area contributed by atoms with Gasteiger partial charge in [0.15, 0.2) is 0 Å². The average Bonchev–Trinajstić information content (AvgIpc) is 2.73. The van der Waals surface area contributed by atoms with Gasteiger partial charge in [0.2, 0.25) is 5.91 Å². The van der Waals surface area contributed by atoms with E-state index in [1.807, 2.05) is 11.8 Å². The second kappa shape index (κ2) is 7.62. The molecule has 0 aromatic carbocycles. The normalized spacial score (nSPS) is 19.8.